The molecule has 0 spiro atoms. The lowest BCUT2D eigenvalue weighted by atomic mass is 10.0. The van der Waals surface area contributed by atoms with E-state index in [-0.39, 0.29) is 0 Å². The molecule has 1 atom stereocenters. The van der Waals surface area contributed by atoms with Crippen LogP contribution in [0.3, 0.4) is 0 Å². The van der Waals surface area contributed by atoms with Gasteiger partial charge in [0.05, 0.1) is 0 Å². The largest absolute Gasteiger partial charge is 0.382 e. The predicted octanol–water partition coefficient (Wildman–Crippen LogP) is 2.60. The standard InChI is InChI=1S/C10H12F2O/c1-6-3-4-8(7(2)5-6)9(13)10(11)12/h3-5,9-10,13H,1-2H3. The predicted molar refractivity (Wildman–Crippen MR) is 46.9 cm³/mol. The Morgan fingerprint density at radius 3 is 2.31 bits per heavy atom. The van der Waals surface area contributed by atoms with E-state index in [9.17, 15) is 8.78 Å². The second-order valence-electron chi connectivity index (χ2n) is 3.14. The molecule has 1 unspecified atom stereocenters. The lowest BCUT2D eigenvalue weighted by Crippen LogP contribution is -2.09. The number of halogens is 2. The molecule has 0 bridgehead atoms. The molecule has 0 aliphatic carbocycles. The molecule has 0 aliphatic rings. The maximum Gasteiger partial charge on any atom is 0.268 e. The minimum absolute atomic E-state index is 0.306. The molecule has 0 fully saturated rings. The molecular formula is C10H12F2O. The number of benzene rings is 1. The van der Waals surface area contributed by atoms with Gasteiger partial charge < -0.3 is 5.11 Å². The average molecular weight is 186 g/mol. The molecular weight excluding hydrogens is 174 g/mol. The van der Waals surface area contributed by atoms with Gasteiger partial charge in [-0.05, 0) is 25.0 Å². The van der Waals surface area contributed by atoms with Gasteiger partial charge >= 0.3 is 0 Å². The summed E-state index contributed by atoms with van der Waals surface area (Å²) in [5, 5.41) is 9.12. The van der Waals surface area contributed by atoms with E-state index in [2.05, 4.69) is 0 Å². The molecule has 1 N–H and O–H groups in total. The highest BCUT2D eigenvalue weighted by Gasteiger charge is 2.20. The lowest BCUT2D eigenvalue weighted by Gasteiger charge is -2.12. The van der Waals surface area contributed by atoms with Crippen LogP contribution in [0.4, 0.5) is 8.78 Å². The van der Waals surface area contributed by atoms with Crippen LogP contribution in [0.1, 0.15) is 22.8 Å². The first kappa shape index (κ1) is 10.1. The molecule has 13 heavy (non-hydrogen) atoms. The zero-order valence-corrected chi connectivity index (χ0v) is 7.59. The van der Waals surface area contributed by atoms with Gasteiger partial charge in [-0.2, -0.15) is 0 Å². The first-order valence-corrected chi connectivity index (χ1v) is 4.05. The number of aliphatic hydroxyl groups excluding tert-OH is 1. The van der Waals surface area contributed by atoms with Crippen molar-refractivity contribution in [2.45, 2.75) is 26.4 Å². The van der Waals surface area contributed by atoms with E-state index in [0.717, 1.165) is 5.56 Å². The van der Waals surface area contributed by atoms with Crippen molar-refractivity contribution >= 4 is 0 Å². The Hall–Kier alpha value is -0.960. The maximum absolute atomic E-state index is 12.1. The Bertz CT molecular complexity index is 297. The second kappa shape index (κ2) is 3.83. The third-order valence-corrected chi connectivity index (χ3v) is 1.98. The minimum atomic E-state index is -2.72. The molecule has 1 aromatic rings. The molecule has 3 heteroatoms. The Balaban J connectivity index is 3.01. The third-order valence-electron chi connectivity index (χ3n) is 1.98. The summed E-state index contributed by atoms with van der Waals surface area (Å²) in [6, 6.07) is 5.04. The van der Waals surface area contributed by atoms with Crippen LogP contribution in [0, 0.1) is 13.8 Å². The van der Waals surface area contributed by atoms with Gasteiger partial charge in [0, 0.05) is 0 Å². The van der Waals surface area contributed by atoms with E-state index in [1.165, 1.54) is 0 Å². The quantitative estimate of drug-likeness (QED) is 0.752. The summed E-state index contributed by atoms with van der Waals surface area (Å²) in [6.07, 6.45) is -4.39. The van der Waals surface area contributed by atoms with Crippen molar-refractivity contribution in [2.75, 3.05) is 0 Å². The van der Waals surface area contributed by atoms with Crippen LogP contribution in [0.5, 0.6) is 0 Å². The Labute approximate surface area is 76.0 Å². The van der Waals surface area contributed by atoms with Gasteiger partial charge in [0.2, 0.25) is 0 Å². The molecule has 1 rings (SSSR count). The Morgan fingerprint density at radius 1 is 1.23 bits per heavy atom. The summed E-state index contributed by atoms with van der Waals surface area (Å²) in [6.45, 7) is 3.60. The van der Waals surface area contributed by atoms with Crippen LogP contribution in [0.15, 0.2) is 18.2 Å². The monoisotopic (exact) mass is 186 g/mol. The average Bonchev–Trinajstić information content (AvgIpc) is 2.03. The number of aliphatic hydroxyl groups is 1. The molecule has 0 aromatic heterocycles. The zero-order valence-electron chi connectivity index (χ0n) is 7.59. The van der Waals surface area contributed by atoms with Crippen molar-refractivity contribution in [1.82, 2.24) is 0 Å². The van der Waals surface area contributed by atoms with Gasteiger partial charge in [0.1, 0.15) is 6.10 Å². The fraction of sp³-hybridized carbons (Fsp3) is 0.400. The Morgan fingerprint density at radius 2 is 1.85 bits per heavy atom. The van der Waals surface area contributed by atoms with E-state index in [1.807, 2.05) is 6.92 Å². The van der Waals surface area contributed by atoms with Crippen molar-refractivity contribution in [3.8, 4) is 0 Å². The minimum Gasteiger partial charge on any atom is -0.382 e. The third kappa shape index (κ3) is 2.25. The van der Waals surface area contributed by atoms with Crippen LogP contribution >= 0.6 is 0 Å². The van der Waals surface area contributed by atoms with Crippen LogP contribution in [0.2, 0.25) is 0 Å². The fourth-order valence-electron chi connectivity index (χ4n) is 1.29. The lowest BCUT2D eigenvalue weighted by molar-refractivity contribution is -0.00613. The van der Waals surface area contributed by atoms with Crippen LogP contribution < -0.4 is 0 Å². The number of alkyl halides is 2. The van der Waals surface area contributed by atoms with Gasteiger partial charge in [-0.25, -0.2) is 8.78 Å². The van der Waals surface area contributed by atoms with Gasteiger partial charge in [-0.15, -0.1) is 0 Å². The fourth-order valence-corrected chi connectivity index (χ4v) is 1.29. The van der Waals surface area contributed by atoms with E-state index < -0.39 is 12.5 Å². The normalized spacial score (nSPS) is 13.4. The van der Waals surface area contributed by atoms with Gasteiger partial charge in [-0.1, -0.05) is 23.8 Å². The van der Waals surface area contributed by atoms with E-state index in [0.29, 0.717) is 11.1 Å². The van der Waals surface area contributed by atoms with Gasteiger partial charge in [0.15, 0.2) is 0 Å². The second-order valence-corrected chi connectivity index (χ2v) is 3.14. The molecule has 0 amide bonds. The summed E-state index contributed by atoms with van der Waals surface area (Å²) in [5.41, 5.74) is 2.01. The molecule has 1 aromatic carbocycles. The topological polar surface area (TPSA) is 20.2 Å². The molecule has 72 valence electrons. The first-order valence-electron chi connectivity index (χ1n) is 4.05. The SMILES string of the molecule is Cc1ccc(C(O)C(F)F)c(C)c1. The van der Waals surface area contributed by atoms with Gasteiger partial charge in [0.25, 0.3) is 6.43 Å². The van der Waals surface area contributed by atoms with Crippen LogP contribution in [0.25, 0.3) is 0 Å². The highest BCUT2D eigenvalue weighted by atomic mass is 19.3. The highest BCUT2D eigenvalue weighted by Crippen LogP contribution is 2.23. The number of hydrogen-bond acceptors (Lipinski definition) is 1. The number of rotatable bonds is 2. The molecule has 0 heterocycles. The van der Waals surface area contributed by atoms with E-state index in [4.69, 9.17) is 5.11 Å². The Kier molecular flexibility index (Phi) is 2.98. The highest BCUT2D eigenvalue weighted by molar-refractivity contribution is 5.32. The number of aryl methyl sites for hydroxylation is 2. The van der Waals surface area contributed by atoms with Crippen molar-refractivity contribution in [1.29, 1.82) is 0 Å². The molecule has 0 saturated heterocycles. The summed E-state index contributed by atoms with van der Waals surface area (Å²) in [4.78, 5) is 0. The van der Waals surface area contributed by atoms with Crippen molar-refractivity contribution < 1.29 is 13.9 Å². The maximum atomic E-state index is 12.1. The van der Waals surface area contributed by atoms with Crippen molar-refractivity contribution in [3.63, 3.8) is 0 Å². The molecule has 0 radical (unpaired) electrons. The summed E-state index contributed by atoms with van der Waals surface area (Å²) in [5.74, 6) is 0. The first-order chi connectivity index (χ1) is 6.02. The summed E-state index contributed by atoms with van der Waals surface area (Å²) < 4.78 is 24.3. The molecule has 1 nitrogen and oxygen atoms in total. The van der Waals surface area contributed by atoms with Crippen molar-refractivity contribution in [2.24, 2.45) is 0 Å². The smallest absolute Gasteiger partial charge is 0.268 e. The summed E-state index contributed by atoms with van der Waals surface area (Å²) in [7, 11) is 0. The summed E-state index contributed by atoms with van der Waals surface area (Å²) >= 11 is 0. The van der Waals surface area contributed by atoms with Crippen molar-refractivity contribution in [3.05, 3.63) is 34.9 Å². The van der Waals surface area contributed by atoms with Gasteiger partial charge in [-0.3, -0.25) is 0 Å². The van der Waals surface area contributed by atoms with Crippen LogP contribution in [-0.4, -0.2) is 11.5 Å². The zero-order chi connectivity index (χ0) is 10.0. The van der Waals surface area contributed by atoms with Crippen LogP contribution in [-0.2, 0) is 0 Å². The molecule has 0 aliphatic heterocycles. The van der Waals surface area contributed by atoms with E-state index >= 15 is 0 Å². The van der Waals surface area contributed by atoms with E-state index in [1.54, 1.807) is 25.1 Å². The molecule has 0 saturated carbocycles. The number of hydrogen-bond donors (Lipinski definition) is 1.